The van der Waals surface area contributed by atoms with E-state index in [0.717, 1.165) is 27.3 Å². The first-order valence-corrected chi connectivity index (χ1v) is 10.9. The van der Waals surface area contributed by atoms with Crippen LogP contribution in [0.4, 0.5) is 11.4 Å². The Bertz CT molecular complexity index is 1100. The highest BCUT2D eigenvalue weighted by Gasteiger charge is 2.60. The highest BCUT2D eigenvalue weighted by molar-refractivity contribution is 7.10. The first-order valence-electron chi connectivity index (χ1n) is 9.97. The first-order chi connectivity index (χ1) is 14.5. The summed E-state index contributed by atoms with van der Waals surface area (Å²) in [6.07, 6.45) is -0.829. The van der Waals surface area contributed by atoms with Crippen molar-refractivity contribution in [2.45, 2.75) is 32.9 Å². The molecule has 2 aromatic carbocycles. The zero-order valence-corrected chi connectivity index (χ0v) is 17.8. The molecule has 2 aliphatic rings. The van der Waals surface area contributed by atoms with Crippen LogP contribution in [0.25, 0.3) is 0 Å². The van der Waals surface area contributed by atoms with E-state index >= 15 is 0 Å². The number of hydroxylamine groups is 1. The van der Waals surface area contributed by atoms with E-state index in [4.69, 9.17) is 4.84 Å². The highest BCUT2D eigenvalue weighted by Crippen LogP contribution is 2.49. The number of hydrogen-bond acceptors (Lipinski definition) is 5. The van der Waals surface area contributed by atoms with E-state index in [-0.39, 0.29) is 17.9 Å². The van der Waals surface area contributed by atoms with Gasteiger partial charge in [0.25, 0.3) is 5.91 Å². The number of imide groups is 1. The van der Waals surface area contributed by atoms with Gasteiger partial charge in [0, 0.05) is 4.88 Å². The van der Waals surface area contributed by atoms with Crippen molar-refractivity contribution in [1.82, 2.24) is 0 Å². The second-order valence-electron chi connectivity index (χ2n) is 7.93. The average molecular weight is 419 g/mol. The van der Waals surface area contributed by atoms with Crippen LogP contribution >= 0.6 is 11.3 Å². The lowest BCUT2D eigenvalue weighted by atomic mass is 9.95. The van der Waals surface area contributed by atoms with Gasteiger partial charge < -0.3 is 0 Å². The molecule has 3 aromatic rings. The summed E-state index contributed by atoms with van der Waals surface area (Å²) in [7, 11) is 0. The molecule has 5 nitrogen and oxygen atoms in total. The largest absolute Gasteiger partial charge is 0.273 e. The first kappa shape index (κ1) is 19.0. The Hall–Kier alpha value is -2.96. The van der Waals surface area contributed by atoms with Crippen molar-refractivity contribution in [1.29, 1.82) is 0 Å². The molecule has 0 unspecified atom stereocenters. The molecule has 1 aromatic heterocycles. The second-order valence-corrected chi connectivity index (χ2v) is 8.91. The second kappa shape index (κ2) is 7.07. The van der Waals surface area contributed by atoms with Gasteiger partial charge in [0.2, 0.25) is 5.91 Å². The molecule has 2 aliphatic heterocycles. The van der Waals surface area contributed by atoms with Gasteiger partial charge in [0.15, 0.2) is 6.10 Å². The number of rotatable bonds is 3. The van der Waals surface area contributed by atoms with Crippen LogP contribution < -0.4 is 9.96 Å². The minimum absolute atomic E-state index is 0.197. The van der Waals surface area contributed by atoms with E-state index in [1.165, 1.54) is 4.90 Å². The third-order valence-electron chi connectivity index (χ3n) is 5.82. The molecule has 2 saturated heterocycles. The normalized spacial score (nSPS) is 23.4. The van der Waals surface area contributed by atoms with Crippen LogP contribution in [0.1, 0.15) is 27.6 Å². The molecule has 0 aliphatic carbocycles. The predicted molar refractivity (Wildman–Crippen MR) is 117 cm³/mol. The number of amides is 2. The smallest absolute Gasteiger partial charge is 0.266 e. The lowest BCUT2D eigenvalue weighted by molar-refractivity contribution is -0.126. The van der Waals surface area contributed by atoms with Gasteiger partial charge >= 0.3 is 0 Å². The van der Waals surface area contributed by atoms with Crippen molar-refractivity contribution in [3.05, 3.63) is 81.5 Å². The van der Waals surface area contributed by atoms with Gasteiger partial charge in [-0.25, -0.2) is 9.96 Å². The number of benzene rings is 2. The minimum Gasteiger partial charge on any atom is -0.273 e. The van der Waals surface area contributed by atoms with E-state index in [1.807, 2.05) is 80.7 Å². The quantitative estimate of drug-likeness (QED) is 0.578. The standard InChI is InChI=1S/C24H22N2O3S/c1-14-12-15(2)20(16(3)13-14)25-23(27)19-21(18-10-7-11-30-18)26(29-22(19)24(25)28)17-8-5-4-6-9-17/h4-13,19,21-22H,1-3H3/t19-,21+,22-/m1/s1. The summed E-state index contributed by atoms with van der Waals surface area (Å²) in [5.41, 5.74) is 4.46. The van der Waals surface area contributed by atoms with Crippen LogP contribution in [0.3, 0.4) is 0 Å². The number of anilines is 2. The fourth-order valence-corrected chi connectivity index (χ4v) is 5.56. The van der Waals surface area contributed by atoms with Crippen molar-refractivity contribution in [2.24, 2.45) is 5.92 Å². The molecule has 3 atom stereocenters. The lowest BCUT2D eigenvalue weighted by Crippen LogP contribution is -2.38. The molecule has 5 rings (SSSR count). The van der Waals surface area contributed by atoms with Gasteiger partial charge in [-0.2, -0.15) is 0 Å². The highest BCUT2D eigenvalue weighted by atomic mass is 32.1. The Balaban J connectivity index is 1.60. The Morgan fingerprint density at radius 2 is 1.60 bits per heavy atom. The van der Waals surface area contributed by atoms with E-state index in [9.17, 15) is 9.59 Å². The maximum atomic E-state index is 13.7. The Morgan fingerprint density at radius 1 is 0.900 bits per heavy atom. The van der Waals surface area contributed by atoms with Crippen molar-refractivity contribution in [3.8, 4) is 0 Å². The lowest BCUT2D eigenvalue weighted by Gasteiger charge is -2.28. The molecular weight excluding hydrogens is 396 g/mol. The summed E-state index contributed by atoms with van der Waals surface area (Å²) in [5, 5.41) is 3.72. The SMILES string of the molecule is Cc1cc(C)c(N2C(=O)[C@H]3[C@@H](ON(c4ccccc4)[C@H]3c3cccs3)C2=O)c(C)c1. The van der Waals surface area contributed by atoms with E-state index in [1.54, 1.807) is 16.4 Å². The number of hydrogen-bond donors (Lipinski definition) is 0. The molecule has 6 heteroatoms. The molecule has 30 heavy (non-hydrogen) atoms. The van der Waals surface area contributed by atoms with Gasteiger partial charge in [0.05, 0.1) is 11.4 Å². The maximum Gasteiger partial charge on any atom is 0.266 e. The Morgan fingerprint density at radius 3 is 2.23 bits per heavy atom. The predicted octanol–water partition coefficient (Wildman–Crippen LogP) is 4.72. The van der Waals surface area contributed by atoms with Gasteiger partial charge in [0.1, 0.15) is 12.0 Å². The van der Waals surface area contributed by atoms with Crippen molar-refractivity contribution in [3.63, 3.8) is 0 Å². The molecule has 0 spiro atoms. The zero-order valence-electron chi connectivity index (χ0n) is 17.0. The molecular formula is C24H22N2O3S. The molecule has 2 fully saturated rings. The molecule has 152 valence electrons. The van der Waals surface area contributed by atoms with Gasteiger partial charge in [-0.05, 0) is 55.5 Å². The summed E-state index contributed by atoms with van der Waals surface area (Å²) in [5.74, 6) is -1.08. The van der Waals surface area contributed by atoms with Crippen molar-refractivity contribution < 1.29 is 14.4 Å². The van der Waals surface area contributed by atoms with Gasteiger partial charge in [-0.15, -0.1) is 11.3 Å². The third-order valence-corrected chi connectivity index (χ3v) is 6.76. The van der Waals surface area contributed by atoms with Gasteiger partial charge in [-0.1, -0.05) is 42.0 Å². The summed E-state index contributed by atoms with van der Waals surface area (Å²) < 4.78 is 0. The van der Waals surface area contributed by atoms with Crippen LogP contribution in [0, 0.1) is 26.7 Å². The van der Waals surface area contributed by atoms with Gasteiger partial charge in [-0.3, -0.25) is 14.4 Å². The fraction of sp³-hybridized carbons (Fsp3) is 0.250. The maximum absolute atomic E-state index is 13.7. The zero-order chi connectivity index (χ0) is 21.0. The monoisotopic (exact) mass is 418 g/mol. The van der Waals surface area contributed by atoms with Crippen LogP contribution in [0.5, 0.6) is 0 Å². The van der Waals surface area contributed by atoms with E-state index < -0.39 is 12.0 Å². The number of nitrogens with zero attached hydrogens (tertiary/aromatic N) is 2. The molecule has 3 heterocycles. The number of thiophene rings is 1. The van der Waals surface area contributed by atoms with E-state index in [0.29, 0.717) is 5.69 Å². The Labute approximate surface area is 179 Å². The van der Waals surface area contributed by atoms with Crippen molar-refractivity contribution >= 4 is 34.5 Å². The number of carbonyl (C=O) groups is 2. The van der Waals surface area contributed by atoms with Crippen LogP contribution in [-0.2, 0) is 14.4 Å². The molecule has 0 bridgehead atoms. The van der Waals surface area contributed by atoms with Crippen LogP contribution in [-0.4, -0.2) is 17.9 Å². The number of carbonyl (C=O) groups excluding carboxylic acids is 2. The van der Waals surface area contributed by atoms with Crippen LogP contribution in [0.2, 0.25) is 0 Å². The summed E-state index contributed by atoms with van der Waals surface area (Å²) >= 11 is 1.57. The van der Waals surface area contributed by atoms with E-state index in [2.05, 4.69) is 0 Å². The fourth-order valence-electron chi connectivity index (χ4n) is 4.71. The molecule has 0 radical (unpaired) electrons. The molecule has 0 saturated carbocycles. The van der Waals surface area contributed by atoms with Crippen molar-refractivity contribution in [2.75, 3.05) is 9.96 Å². The summed E-state index contributed by atoms with van der Waals surface area (Å²) in [4.78, 5) is 35.6. The Kier molecular flexibility index (Phi) is 4.49. The van der Waals surface area contributed by atoms with Crippen LogP contribution in [0.15, 0.2) is 60.0 Å². The molecule has 2 amide bonds. The number of para-hydroxylation sites is 1. The summed E-state index contributed by atoms with van der Waals surface area (Å²) in [6.45, 7) is 5.90. The molecule has 0 N–H and O–H groups in total. The third kappa shape index (κ3) is 2.79. The number of aryl methyl sites for hydroxylation is 3. The topological polar surface area (TPSA) is 49.9 Å². The number of fused-ring (bicyclic) bond motifs is 1. The summed E-state index contributed by atoms with van der Waals surface area (Å²) in [6, 6.07) is 17.3. The minimum atomic E-state index is -0.829. The average Bonchev–Trinajstić information content (AvgIpc) is 3.42.